The number of aryl methyl sites for hydroxylation is 1. The molecule has 0 saturated heterocycles. The molecule has 0 radical (unpaired) electrons. The number of nitrogens with zero attached hydrogens (tertiary/aromatic N) is 2. The van der Waals surface area contributed by atoms with Crippen molar-refractivity contribution < 1.29 is 0 Å². The van der Waals surface area contributed by atoms with Gasteiger partial charge in [0.05, 0.1) is 11.5 Å². The van der Waals surface area contributed by atoms with Gasteiger partial charge in [-0.15, -0.1) is 0 Å². The lowest BCUT2D eigenvalue weighted by atomic mass is 10.1. The molecule has 0 spiro atoms. The first-order valence-electron chi connectivity index (χ1n) is 5.59. The third kappa shape index (κ3) is 2.37. The Hall–Kier alpha value is -1.32. The van der Waals surface area contributed by atoms with Crippen molar-refractivity contribution in [2.45, 2.75) is 45.1 Å². The van der Waals surface area contributed by atoms with E-state index in [0.717, 1.165) is 18.5 Å². The third-order valence-corrected chi connectivity index (χ3v) is 2.67. The zero-order valence-corrected chi connectivity index (χ0v) is 9.16. The fourth-order valence-corrected chi connectivity index (χ4v) is 1.86. The number of amidine groups is 1. The lowest BCUT2D eigenvalue weighted by molar-refractivity contribution is 0.594. The number of hydrogen-bond acceptors (Lipinski definition) is 2. The average molecular weight is 206 g/mol. The Bertz CT molecular complexity index is 363. The molecule has 0 bridgehead atoms. The van der Waals surface area contributed by atoms with Crippen LogP contribution in [0.2, 0.25) is 0 Å². The molecular formula is C11H18N4. The number of hydrogen-bond donors (Lipinski definition) is 2. The number of nitrogens with two attached hydrogens (primary N) is 1. The molecule has 0 atom stereocenters. The summed E-state index contributed by atoms with van der Waals surface area (Å²) >= 11 is 0. The van der Waals surface area contributed by atoms with Gasteiger partial charge in [-0.2, -0.15) is 5.10 Å². The minimum Gasteiger partial charge on any atom is -0.387 e. The minimum absolute atomic E-state index is 0.230. The van der Waals surface area contributed by atoms with Crippen LogP contribution in [0.25, 0.3) is 0 Å². The monoisotopic (exact) mass is 206 g/mol. The molecule has 4 heteroatoms. The van der Waals surface area contributed by atoms with E-state index in [1.807, 2.05) is 4.68 Å². The van der Waals surface area contributed by atoms with Crippen LogP contribution in [0.1, 0.15) is 43.4 Å². The standard InChI is InChI=1S/C11H18N4/c1-2-5-15-7-9(6-10(12)13)11(14-15)8-3-4-8/h7-8H,2-6H2,1H3,(H3,12,13). The first-order valence-corrected chi connectivity index (χ1v) is 5.59. The van der Waals surface area contributed by atoms with E-state index >= 15 is 0 Å². The molecule has 82 valence electrons. The highest BCUT2D eigenvalue weighted by Crippen LogP contribution is 2.40. The molecule has 1 aliphatic rings. The van der Waals surface area contributed by atoms with Gasteiger partial charge in [-0.3, -0.25) is 10.1 Å². The van der Waals surface area contributed by atoms with Gasteiger partial charge in [-0.25, -0.2) is 0 Å². The molecule has 1 aliphatic carbocycles. The van der Waals surface area contributed by atoms with E-state index in [-0.39, 0.29) is 5.84 Å². The van der Waals surface area contributed by atoms with E-state index in [1.165, 1.54) is 18.5 Å². The van der Waals surface area contributed by atoms with Crippen LogP contribution in [0.3, 0.4) is 0 Å². The van der Waals surface area contributed by atoms with Gasteiger partial charge in [0, 0.05) is 30.6 Å². The van der Waals surface area contributed by atoms with Crippen molar-refractivity contribution in [2.24, 2.45) is 5.73 Å². The topological polar surface area (TPSA) is 67.7 Å². The number of nitrogens with one attached hydrogen (secondary N) is 1. The summed E-state index contributed by atoms with van der Waals surface area (Å²) in [5, 5.41) is 11.9. The van der Waals surface area contributed by atoms with Crippen molar-refractivity contribution in [3.63, 3.8) is 0 Å². The molecule has 1 heterocycles. The summed E-state index contributed by atoms with van der Waals surface area (Å²) in [6.07, 6.45) is 6.18. The Balaban J connectivity index is 2.20. The van der Waals surface area contributed by atoms with Crippen LogP contribution in [-0.4, -0.2) is 15.6 Å². The Morgan fingerprint density at radius 2 is 2.40 bits per heavy atom. The van der Waals surface area contributed by atoms with Crippen LogP contribution in [0.4, 0.5) is 0 Å². The molecule has 0 aromatic carbocycles. The van der Waals surface area contributed by atoms with Crippen LogP contribution in [-0.2, 0) is 13.0 Å². The molecule has 1 saturated carbocycles. The van der Waals surface area contributed by atoms with Crippen LogP contribution < -0.4 is 5.73 Å². The van der Waals surface area contributed by atoms with Crippen molar-refractivity contribution in [2.75, 3.05) is 0 Å². The first-order chi connectivity index (χ1) is 7.20. The summed E-state index contributed by atoms with van der Waals surface area (Å²) in [7, 11) is 0. The Morgan fingerprint density at radius 3 is 2.93 bits per heavy atom. The summed E-state index contributed by atoms with van der Waals surface area (Å²) in [6, 6.07) is 0. The van der Waals surface area contributed by atoms with Crippen LogP contribution in [0.15, 0.2) is 6.20 Å². The summed E-state index contributed by atoms with van der Waals surface area (Å²) < 4.78 is 1.99. The number of rotatable bonds is 5. The van der Waals surface area contributed by atoms with Gasteiger partial charge in [0.1, 0.15) is 0 Å². The predicted molar refractivity (Wildman–Crippen MR) is 60.1 cm³/mol. The lowest BCUT2D eigenvalue weighted by Crippen LogP contribution is -2.13. The zero-order chi connectivity index (χ0) is 10.8. The SMILES string of the molecule is CCCn1cc(CC(=N)N)c(C2CC2)n1. The van der Waals surface area contributed by atoms with Crippen molar-refractivity contribution >= 4 is 5.84 Å². The van der Waals surface area contributed by atoms with Gasteiger partial charge >= 0.3 is 0 Å². The molecule has 1 fully saturated rings. The third-order valence-electron chi connectivity index (χ3n) is 2.67. The molecule has 1 aromatic heterocycles. The summed E-state index contributed by atoms with van der Waals surface area (Å²) in [5.41, 5.74) is 7.77. The first kappa shape index (κ1) is 10.2. The minimum atomic E-state index is 0.230. The lowest BCUT2D eigenvalue weighted by Gasteiger charge is -1.97. The second-order valence-electron chi connectivity index (χ2n) is 4.28. The summed E-state index contributed by atoms with van der Waals surface area (Å²) in [4.78, 5) is 0. The van der Waals surface area contributed by atoms with Gasteiger partial charge in [-0.05, 0) is 19.3 Å². The Labute approximate surface area is 90.0 Å². The van der Waals surface area contributed by atoms with E-state index in [1.54, 1.807) is 0 Å². The number of aromatic nitrogens is 2. The molecule has 2 rings (SSSR count). The van der Waals surface area contributed by atoms with E-state index in [9.17, 15) is 0 Å². The predicted octanol–water partition coefficient (Wildman–Crippen LogP) is 1.65. The average Bonchev–Trinajstić information content (AvgIpc) is 2.91. The Kier molecular flexibility index (Phi) is 2.75. The highest BCUT2D eigenvalue weighted by Gasteiger charge is 2.29. The van der Waals surface area contributed by atoms with Crippen molar-refractivity contribution in [1.82, 2.24) is 9.78 Å². The quantitative estimate of drug-likeness (QED) is 0.568. The molecular weight excluding hydrogens is 188 g/mol. The molecule has 1 aromatic rings. The van der Waals surface area contributed by atoms with Crippen LogP contribution >= 0.6 is 0 Å². The van der Waals surface area contributed by atoms with E-state index in [0.29, 0.717) is 12.3 Å². The maximum Gasteiger partial charge on any atom is 0.0951 e. The van der Waals surface area contributed by atoms with Gasteiger partial charge in [0.15, 0.2) is 0 Å². The normalized spacial score (nSPS) is 15.5. The molecule has 3 N–H and O–H groups in total. The second kappa shape index (κ2) is 4.04. The molecule has 0 aliphatic heterocycles. The Morgan fingerprint density at radius 1 is 1.67 bits per heavy atom. The van der Waals surface area contributed by atoms with Gasteiger partial charge in [-0.1, -0.05) is 6.92 Å². The summed E-state index contributed by atoms with van der Waals surface area (Å²) in [5.74, 6) is 0.866. The zero-order valence-electron chi connectivity index (χ0n) is 9.16. The van der Waals surface area contributed by atoms with E-state index in [2.05, 4.69) is 18.2 Å². The van der Waals surface area contributed by atoms with Gasteiger partial charge in [0.2, 0.25) is 0 Å². The molecule has 0 amide bonds. The summed E-state index contributed by atoms with van der Waals surface area (Å²) in [6.45, 7) is 3.10. The largest absolute Gasteiger partial charge is 0.387 e. The smallest absolute Gasteiger partial charge is 0.0951 e. The van der Waals surface area contributed by atoms with Crippen LogP contribution in [0, 0.1) is 5.41 Å². The molecule has 15 heavy (non-hydrogen) atoms. The highest BCUT2D eigenvalue weighted by atomic mass is 15.3. The van der Waals surface area contributed by atoms with Crippen LogP contribution in [0.5, 0.6) is 0 Å². The maximum atomic E-state index is 7.34. The van der Waals surface area contributed by atoms with Gasteiger partial charge < -0.3 is 5.73 Å². The van der Waals surface area contributed by atoms with Gasteiger partial charge in [0.25, 0.3) is 0 Å². The van der Waals surface area contributed by atoms with E-state index in [4.69, 9.17) is 11.1 Å². The fourth-order valence-electron chi connectivity index (χ4n) is 1.86. The highest BCUT2D eigenvalue weighted by molar-refractivity contribution is 5.79. The molecule has 0 unspecified atom stereocenters. The molecule has 4 nitrogen and oxygen atoms in total. The second-order valence-corrected chi connectivity index (χ2v) is 4.28. The van der Waals surface area contributed by atoms with Crippen molar-refractivity contribution in [3.8, 4) is 0 Å². The maximum absolute atomic E-state index is 7.34. The van der Waals surface area contributed by atoms with Crippen molar-refractivity contribution in [3.05, 3.63) is 17.5 Å². The fraction of sp³-hybridized carbons (Fsp3) is 0.636. The van der Waals surface area contributed by atoms with E-state index < -0.39 is 0 Å². The van der Waals surface area contributed by atoms with Crippen molar-refractivity contribution in [1.29, 1.82) is 5.41 Å².